The quantitative estimate of drug-likeness (QED) is 0.564. The lowest BCUT2D eigenvalue weighted by atomic mass is 9.85. The molecule has 0 fully saturated rings. The Morgan fingerprint density at radius 1 is 1.11 bits per heavy atom. The van der Waals surface area contributed by atoms with Gasteiger partial charge in [0.1, 0.15) is 17.5 Å². The summed E-state index contributed by atoms with van der Waals surface area (Å²) in [6.07, 6.45) is 1.71. The molecule has 5 heteroatoms. The monoisotopic (exact) mass is 364 g/mol. The molecule has 3 nitrogen and oxygen atoms in total. The van der Waals surface area contributed by atoms with E-state index in [-0.39, 0.29) is 16.5 Å². The van der Waals surface area contributed by atoms with E-state index >= 15 is 0 Å². The number of hydrogen-bond donors (Lipinski definition) is 0. The molecule has 27 heavy (non-hydrogen) atoms. The minimum Gasteiger partial charge on any atom is -0.296 e. The molecule has 2 heterocycles. The van der Waals surface area contributed by atoms with Crippen LogP contribution in [0.4, 0.5) is 8.78 Å². The van der Waals surface area contributed by atoms with E-state index in [2.05, 4.69) is 30.7 Å². The molecule has 0 atom stereocenters. The van der Waals surface area contributed by atoms with E-state index in [1.807, 2.05) is 0 Å². The minimum absolute atomic E-state index is 0.0533. The van der Waals surface area contributed by atoms with Gasteiger partial charge in [0.05, 0.1) is 16.5 Å². The van der Waals surface area contributed by atoms with E-state index in [0.717, 1.165) is 18.7 Å². The van der Waals surface area contributed by atoms with Gasteiger partial charge in [-0.2, -0.15) is 0 Å². The molecule has 0 radical (unpaired) electrons. The average molecular weight is 364 g/mol. The van der Waals surface area contributed by atoms with Crippen molar-refractivity contribution in [3.63, 3.8) is 0 Å². The maximum absolute atomic E-state index is 13.7. The van der Waals surface area contributed by atoms with Gasteiger partial charge in [0, 0.05) is 18.5 Å². The normalized spacial score (nSPS) is 15.1. The summed E-state index contributed by atoms with van der Waals surface area (Å²) in [5.41, 5.74) is 0.868. The molecule has 0 aliphatic carbocycles. The molecule has 2 aromatic carbocycles. The van der Waals surface area contributed by atoms with Crippen LogP contribution in [0.25, 0.3) is 10.9 Å². The standard InChI is InChI=1S/C22H18F2N2O/c1-22(2)11-10-20-25-19-12-14(7-9-16(19)21(27)26(20)13-22)6-8-15-17(23)4-3-5-18(15)24/h3-5,7,9,12H,10-11,13H2,1-2H3. The Balaban J connectivity index is 1.79. The molecule has 0 unspecified atom stereocenters. The first-order valence-corrected chi connectivity index (χ1v) is 8.84. The highest BCUT2D eigenvalue weighted by Gasteiger charge is 2.27. The van der Waals surface area contributed by atoms with Gasteiger partial charge in [-0.25, -0.2) is 13.8 Å². The fourth-order valence-corrected chi connectivity index (χ4v) is 3.41. The Hall–Kier alpha value is -3.00. The lowest BCUT2D eigenvalue weighted by molar-refractivity contribution is 0.240. The van der Waals surface area contributed by atoms with Gasteiger partial charge in [0.15, 0.2) is 0 Å². The molecule has 0 bridgehead atoms. The van der Waals surface area contributed by atoms with E-state index in [1.54, 1.807) is 22.8 Å². The Bertz CT molecular complexity index is 1160. The first kappa shape index (κ1) is 17.4. The van der Waals surface area contributed by atoms with Crippen LogP contribution in [0.15, 0.2) is 41.2 Å². The zero-order chi connectivity index (χ0) is 19.2. The summed E-state index contributed by atoms with van der Waals surface area (Å²) in [7, 11) is 0. The van der Waals surface area contributed by atoms with Crippen LogP contribution in [0.2, 0.25) is 0 Å². The molecule has 0 amide bonds. The highest BCUT2D eigenvalue weighted by molar-refractivity contribution is 5.79. The molecular formula is C22H18F2N2O. The summed E-state index contributed by atoms with van der Waals surface area (Å²) in [5.74, 6) is 4.69. The zero-order valence-electron chi connectivity index (χ0n) is 15.1. The Morgan fingerprint density at radius 2 is 1.85 bits per heavy atom. The van der Waals surface area contributed by atoms with E-state index in [0.29, 0.717) is 23.0 Å². The Kier molecular flexibility index (Phi) is 4.07. The number of hydrogen-bond acceptors (Lipinski definition) is 2. The van der Waals surface area contributed by atoms with Gasteiger partial charge in [0.2, 0.25) is 0 Å². The summed E-state index contributed by atoms with van der Waals surface area (Å²) in [6.45, 7) is 4.94. The summed E-state index contributed by atoms with van der Waals surface area (Å²) in [5, 5.41) is 0.527. The number of aromatic nitrogens is 2. The van der Waals surface area contributed by atoms with Gasteiger partial charge in [-0.05, 0) is 42.2 Å². The van der Waals surface area contributed by atoms with E-state index in [1.165, 1.54) is 18.2 Å². The molecule has 1 aliphatic rings. The second-order valence-corrected chi connectivity index (χ2v) is 7.66. The van der Waals surface area contributed by atoms with E-state index in [4.69, 9.17) is 0 Å². The smallest absolute Gasteiger partial charge is 0.261 e. The number of halogens is 2. The highest BCUT2D eigenvalue weighted by Crippen LogP contribution is 2.29. The molecular weight excluding hydrogens is 346 g/mol. The van der Waals surface area contributed by atoms with Gasteiger partial charge in [-0.1, -0.05) is 31.8 Å². The van der Waals surface area contributed by atoms with Crippen molar-refractivity contribution in [1.29, 1.82) is 0 Å². The molecule has 1 aromatic heterocycles. The van der Waals surface area contributed by atoms with Crippen LogP contribution in [0.3, 0.4) is 0 Å². The number of benzene rings is 2. The third-order valence-corrected chi connectivity index (χ3v) is 4.94. The molecule has 136 valence electrons. The number of fused-ring (bicyclic) bond motifs is 2. The van der Waals surface area contributed by atoms with Gasteiger partial charge in [-0.3, -0.25) is 9.36 Å². The van der Waals surface area contributed by atoms with Crippen LogP contribution in [-0.2, 0) is 13.0 Å². The van der Waals surface area contributed by atoms with Crippen molar-refractivity contribution in [2.75, 3.05) is 0 Å². The maximum Gasteiger partial charge on any atom is 0.261 e. The molecule has 1 aliphatic heterocycles. The SMILES string of the molecule is CC1(C)CCc2nc3cc(C#Cc4c(F)cccc4F)ccc3c(=O)n2C1. The predicted octanol–water partition coefficient (Wildman–Crippen LogP) is 4.05. The number of rotatable bonds is 0. The zero-order valence-corrected chi connectivity index (χ0v) is 15.1. The van der Waals surface area contributed by atoms with Crippen LogP contribution in [0.1, 0.15) is 37.2 Å². The lowest BCUT2D eigenvalue weighted by Crippen LogP contribution is -2.36. The van der Waals surface area contributed by atoms with E-state index in [9.17, 15) is 13.6 Å². The van der Waals surface area contributed by atoms with Crippen LogP contribution in [0, 0.1) is 28.9 Å². The summed E-state index contributed by atoms with van der Waals surface area (Å²) < 4.78 is 29.2. The molecule has 0 saturated heterocycles. The number of aryl methyl sites for hydroxylation is 1. The largest absolute Gasteiger partial charge is 0.296 e. The van der Waals surface area contributed by atoms with Crippen LogP contribution in [0.5, 0.6) is 0 Å². The minimum atomic E-state index is -0.698. The van der Waals surface area contributed by atoms with Crippen molar-refractivity contribution >= 4 is 10.9 Å². The molecule has 4 rings (SSSR count). The maximum atomic E-state index is 13.7. The van der Waals surface area contributed by atoms with Crippen molar-refractivity contribution < 1.29 is 8.78 Å². The molecule has 0 spiro atoms. The number of nitrogens with zero attached hydrogens (tertiary/aromatic N) is 2. The second-order valence-electron chi connectivity index (χ2n) is 7.66. The van der Waals surface area contributed by atoms with Crippen molar-refractivity contribution in [2.24, 2.45) is 5.41 Å². The first-order valence-electron chi connectivity index (χ1n) is 8.84. The topological polar surface area (TPSA) is 34.9 Å². The fourth-order valence-electron chi connectivity index (χ4n) is 3.41. The molecule has 0 saturated carbocycles. The first-order chi connectivity index (χ1) is 12.8. The molecule has 0 N–H and O–H groups in total. The second kappa shape index (κ2) is 6.31. The Labute approximate surface area is 155 Å². The summed E-state index contributed by atoms with van der Waals surface area (Å²) in [6, 6.07) is 8.70. The van der Waals surface area contributed by atoms with Gasteiger partial charge >= 0.3 is 0 Å². The summed E-state index contributed by atoms with van der Waals surface area (Å²) in [4.78, 5) is 17.5. The average Bonchev–Trinajstić information content (AvgIpc) is 2.62. The Morgan fingerprint density at radius 3 is 2.59 bits per heavy atom. The third kappa shape index (κ3) is 3.23. The lowest BCUT2D eigenvalue weighted by Gasteiger charge is -2.31. The van der Waals surface area contributed by atoms with Crippen LogP contribution in [-0.4, -0.2) is 9.55 Å². The van der Waals surface area contributed by atoms with Gasteiger partial charge < -0.3 is 0 Å². The van der Waals surface area contributed by atoms with Crippen molar-refractivity contribution in [3.8, 4) is 11.8 Å². The van der Waals surface area contributed by atoms with Crippen LogP contribution >= 0.6 is 0 Å². The van der Waals surface area contributed by atoms with Crippen molar-refractivity contribution in [1.82, 2.24) is 9.55 Å². The van der Waals surface area contributed by atoms with Gasteiger partial charge in [-0.15, -0.1) is 0 Å². The van der Waals surface area contributed by atoms with E-state index < -0.39 is 11.6 Å². The van der Waals surface area contributed by atoms with Gasteiger partial charge in [0.25, 0.3) is 5.56 Å². The van der Waals surface area contributed by atoms with Crippen LogP contribution < -0.4 is 5.56 Å². The van der Waals surface area contributed by atoms with Crippen molar-refractivity contribution in [3.05, 3.63) is 75.3 Å². The highest BCUT2D eigenvalue weighted by atomic mass is 19.1. The summed E-state index contributed by atoms with van der Waals surface area (Å²) >= 11 is 0. The predicted molar refractivity (Wildman–Crippen MR) is 100 cm³/mol. The fraction of sp³-hybridized carbons (Fsp3) is 0.273. The molecule has 3 aromatic rings. The van der Waals surface area contributed by atoms with Crippen molar-refractivity contribution in [2.45, 2.75) is 33.2 Å². The third-order valence-electron chi connectivity index (χ3n) is 4.94.